The van der Waals surface area contributed by atoms with Gasteiger partial charge in [0, 0.05) is 34.1 Å². The van der Waals surface area contributed by atoms with E-state index in [9.17, 15) is 0 Å². The summed E-state index contributed by atoms with van der Waals surface area (Å²) in [7, 11) is 0. The predicted molar refractivity (Wildman–Crippen MR) is 80.7 cm³/mol. The fourth-order valence-corrected chi connectivity index (χ4v) is 3.86. The van der Waals surface area contributed by atoms with Crippen molar-refractivity contribution < 1.29 is 0 Å². The first-order valence-corrected chi connectivity index (χ1v) is 7.61. The lowest BCUT2D eigenvalue weighted by Crippen LogP contribution is -2.37. The van der Waals surface area contributed by atoms with Gasteiger partial charge in [0.2, 0.25) is 0 Å². The van der Waals surface area contributed by atoms with Crippen molar-refractivity contribution in [3.63, 3.8) is 0 Å². The lowest BCUT2D eigenvalue weighted by Gasteiger charge is -2.22. The third-order valence-electron chi connectivity index (χ3n) is 3.01. The van der Waals surface area contributed by atoms with Crippen LogP contribution < -0.4 is 10.2 Å². The van der Waals surface area contributed by atoms with Gasteiger partial charge >= 0.3 is 0 Å². The lowest BCUT2D eigenvalue weighted by atomic mass is 10.2. The molecule has 0 spiro atoms. The van der Waals surface area contributed by atoms with E-state index in [4.69, 9.17) is 0 Å². The maximum absolute atomic E-state index is 3.64. The number of para-hydroxylation sites is 1. The number of nitrogens with zero attached hydrogens (tertiary/aromatic N) is 1. The largest absolute Gasteiger partial charge is 0.368 e. The fraction of sp³-hybridized carbons (Fsp3) is 0.538. The molecule has 0 bridgehead atoms. The molecular formula is C13H18Br2N2. The van der Waals surface area contributed by atoms with E-state index in [0.29, 0.717) is 12.1 Å². The van der Waals surface area contributed by atoms with E-state index in [0.717, 1.165) is 22.0 Å². The summed E-state index contributed by atoms with van der Waals surface area (Å²) >= 11 is 7.27. The molecule has 1 N–H and O–H groups in total. The molecule has 0 aliphatic carbocycles. The Balaban J connectivity index is 2.10. The van der Waals surface area contributed by atoms with Crippen molar-refractivity contribution in [1.29, 1.82) is 0 Å². The Morgan fingerprint density at radius 2 is 1.94 bits per heavy atom. The van der Waals surface area contributed by atoms with E-state index in [-0.39, 0.29) is 0 Å². The van der Waals surface area contributed by atoms with Crippen molar-refractivity contribution in [2.75, 3.05) is 18.0 Å². The van der Waals surface area contributed by atoms with Crippen LogP contribution in [-0.4, -0.2) is 25.2 Å². The van der Waals surface area contributed by atoms with E-state index >= 15 is 0 Å². The molecule has 1 aliphatic rings. The molecule has 0 saturated carbocycles. The van der Waals surface area contributed by atoms with Crippen molar-refractivity contribution in [2.45, 2.75) is 32.4 Å². The molecule has 17 heavy (non-hydrogen) atoms. The normalized spacial score (nSPS) is 20.3. The molecule has 0 aromatic heterocycles. The van der Waals surface area contributed by atoms with Gasteiger partial charge in [-0.1, -0.05) is 19.9 Å². The van der Waals surface area contributed by atoms with Crippen molar-refractivity contribution in [2.24, 2.45) is 0 Å². The topological polar surface area (TPSA) is 15.3 Å². The van der Waals surface area contributed by atoms with Gasteiger partial charge in [-0.3, -0.25) is 0 Å². The number of nitrogens with one attached hydrogen (secondary N) is 1. The Bertz CT molecular complexity index is 373. The second kappa shape index (κ2) is 5.72. The highest BCUT2D eigenvalue weighted by Gasteiger charge is 2.25. The van der Waals surface area contributed by atoms with E-state index in [1.165, 1.54) is 12.1 Å². The average molecular weight is 362 g/mol. The molecule has 1 fully saturated rings. The summed E-state index contributed by atoms with van der Waals surface area (Å²) in [5.74, 6) is 0. The summed E-state index contributed by atoms with van der Waals surface area (Å²) in [4.78, 5) is 2.44. The molecule has 1 aromatic carbocycles. The third kappa shape index (κ3) is 3.24. The second-order valence-corrected chi connectivity index (χ2v) is 6.53. The molecule has 1 saturated heterocycles. The predicted octanol–water partition coefficient (Wildman–Crippen LogP) is 3.79. The highest BCUT2D eigenvalue weighted by atomic mass is 79.9. The molecule has 94 valence electrons. The van der Waals surface area contributed by atoms with Gasteiger partial charge in [0.1, 0.15) is 0 Å². The van der Waals surface area contributed by atoms with E-state index in [2.05, 4.69) is 74.1 Å². The van der Waals surface area contributed by atoms with Crippen LogP contribution in [0.5, 0.6) is 0 Å². The van der Waals surface area contributed by atoms with E-state index < -0.39 is 0 Å². The van der Waals surface area contributed by atoms with Crippen LogP contribution in [0.4, 0.5) is 5.69 Å². The zero-order chi connectivity index (χ0) is 12.4. The van der Waals surface area contributed by atoms with E-state index in [1.807, 2.05) is 0 Å². The Morgan fingerprint density at radius 3 is 2.53 bits per heavy atom. The Hall–Kier alpha value is -0.0600. The molecule has 0 radical (unpaired) electrons. The molecule has 4 heteroatoms. The fourth-order valence-electron chi connectivity index (χ4n) is 2.36. The third-order valence-corrected chi connectivity index (χ3v) is 4.29. The number of hydrogen-bond donors (Lipinski definition) is 1. The minimum Gasteiger partial charge on any atom is -0.368 e. The first-order valence-electron chi connectivity index (χ1n) is 6.03. The van der Waals surface area contributed by atoms with Crippen LogP contribution in [0.25, 0.3) is 0 Å². The molecular weight excluding hydrogens is 344 g/mol. The lowest BCUT2D eigenvalue weighted by molar-refractivity contribution is 0.492. The number of anilines is 1. The molecule has 1 aliphatic heterocycles. The minimum absolute atomic E-state index is 0.558. The zero-order valence-corrected chi connectivity index (χ0v) is 13.4. The number of hydrogen-bond acceptors (Lipinski definition) is 2. The standard InChI is InChI=1S/C13H18Br2N2/c1-9(2)16-10-6-7-17(8-10)13-11(14)4-3-5-12(13)15/h3-5,9-10,16H,6-8H2,1-2H3. The quantitative estimate of drug-likeness (QED) is 0.881. The Labute approximate surface area is 120 Å². The Kier molecular flexibility index (Phi) is 4.50. The van der Waals surface area contributed by atoms with Crippen LogP contribution in [-0.2, 0) is 0 Å². The van der Waals surface area contributed by atoms with Crippen molar-refractivity contribution in [3.8, 4) is 0 Å². The summed E-state index contributed by atoms with van der Waals surface area (Å²) in [6, 6.07) is 7.42. The maximum Gasteiger partial charge on any atom is 0.0655 e. The number of halogens is 2. The molecule has 2 nitrogen and oxygen atoms in total. The van der Waals surface area contributed by atoms with Gasteiger partial charge in [-0.2, -0.15) is 0 Å². The summed E-state index contributed by atoms with van der Waals surface area (Å²) in [5.41, 5.74) is 1.28. The SMILES string of the molecule is CC(C)NC1CCN(c2c(Br)cccc2Br)C1. The monoisotopic (exact) mass is 360 g/mol. The van der Waals surface area contributed by atoms with Crippen LogP contribution in [0.1, 0.15) is 20.3 Å². The highest BCUT2D eigenvalue weighted by molar-refractivity contribution is 9.11. The summed E-state index contributed by atoms with van der Waals surface area (Å²) < 4.78 is 2.33. The van der Waals surface area contributed by atoms with E-state index in [1.54, 1.807) is 0 Å². The van der Waals surface area contributed by atoms with Crippen LogP contribution in [0, 0.1) is 0 Å². The molecule has 1 heterocycles. The van der Waals surface area contributed by atoms with Crippen LogP contribution in [0.2, 0.25) is 0 Å². The van der Waals surface area contributed by atoms with Crippen LogP contribution >= 0.6 is 31.9 Å². The van der Waals surface area contributed by atoms with Crippen LogP contribution in [0.3, 0.4) is 0 Å². The number of benzene rings is 1. The maximum atomic E-state index is 3.64. The first kappa shape index (κ1) is 13.4. The van der Waals surface area contributed by atoms with Gasteiger partial charge < -0.3 is 10.2 Å². The molecule has 1 unspecified atom stereocenters. The summed E-state index contributed by atoms with van der Waals surface area (Å²) in [6.07, 6.45) is 1.21. The van der Waals surface area contributed by atoms with Crippen molar-refractivity contribution in [3.05, 3.63) is 27.1 Å². The van der Waals surface area contributed by atoms with Gasteiger partial charge in [-0.15, -0.1) is 0 Å². The summed E-state index contributed by atoms with van der Waals surface area (Å²) in [6.45, 7) is 6.61. The van der Waals surface area contributed by atoms with Crippen LogP contribution in [0.15, 0.2) is 27.1 Å². The second-order valence-electron chi connectivity index (χ2n) is 4.82. The van der Waals surface area contributed by atoms with Gasteiger partial charge in [-0.25, -0.2) is 0 Å². The summed E-state index contributed by atoms with van der Waals surface area (Å²) in [5, 5.41) is 3.61. The van der Waals surface area contributed by atoms with Crippen molar-refractivity contribution >= 4 is 37.5 Å². The first-order chi connectivity index (χ1) is 8.08. The smallest absolute Gasteiger partial charge is 0.0655 e. The van der Waals surface area contributed by atoms with Gasteiger partial charge in [-0.05, 0) is 50.4 Å². The van der Waals surface area contributed by atoms with Gasteiger partial charge in [0.05, 0.1) is 5.69 Å². The Morgan fingerprint density at radius 1 is 1.29 bits per heavy atom. The highest BCUT2D eigenvalue weighted by Crippen LogP contribution is 2.35. The molecule has 2 rings (SSSR count). The molecule has 1 atom stereocenters. The zero-order valence-electron chi connectivity index (χ0n) is 10.2. The molecule has 1 aromatic rings. The minimum atomic E-state index is 0.558. The van der Waals surface area contributed by atoms with Gasteiger partial charge in [0.25, 0.3) is 0 Å². The van der Waals surface area contributed by atoms with Gasteiger partial charge in [0.15, 0.2) is 0 Å². The van der Waals surface area contributed by atoms with Crippen molar-refractivity contribution in [1.82, 2.24) is 5.32 Å². The average Bonchev–Trinajstić information content (AvgIpc) is 2.65. The number of rotatable bonds is 3. The molecule has 0 amide bonds.